The van der Waals surface area contributed by atoms with Gasteiger partial charge >= 0.3 is 0 Å². The number of hydrogen-bond donors (Lipinski definition) is 4. The molecule has 0 atom stereocenters. The number of nitrogens with zero attached hydrogens (tertiary/aromatic N) is 1. The number of nitrogens with two attached hydrogens (primary N) is 2. The summed E-state index contributed by atoms with van der Waals surface area (Å²) >= 11 is 0. The monoisotopic (exact) mass is 523 g/mol. The van der Waals surface area contributed by atoms with Crippen LogP contribution in [0.2, 0.25) is 0 Å². The molecule has 0 saturated carbocycles. The van der Waals surface area contributed by atoms with Gasteiger partial charge in [0.25, 0.3) is 0 Å². The zero-order valence-corrected chi connectivity index (χ0v) is 22.2. The van der Waals surface area contributed by atoms with Gasteiger partial charge in [0.05, 0.1) is 92.4 Å². The molecule has 0 rings (SSSR count). The number of carbonyl (C=O) groups is 2. The van der Waals surface area contributed by atoms with Crippen LogP contribution >= 0.6 is 0 Å². The van der Waals surface area contributed by atoms with Crippen LogP contribution in [0.5, 0.6) is 0 Å². The van der Waals surface area contributed by atoms with Crippen LogP contribution in [0.1, 0.15) is 13.8 Å². The molecule has 13 nitrogen and oxygen atoms in total. The number of rotatable bonds is 27. The van der Waals surface area contributed by atoms with Crippen LogP contribution in [0.25, 0.3) is 0 Å². The second kappa shape index (κ2) is 26.6. The highest BCUT2D eigenvalue weighted by Gasteiger charge is 2.17. The Bertz CT molecular complexity index is 477. The van der Waals surface area contributed by atoms with Gasteiger partial charge in [-0.2, -0.15) is 0 Å². The van der Waals surface area contributed by atoms with E-state index in [1.165, 1.54) is 0 Å². The molecule has 0 aliphatic carbocycles. The van der Waals surface area contributed by atoms with Gasteiger partial charge in [-0.15, -0.1) is 0 Å². The molecule has 0 unspecified atom stereocenters. The first kappa shape index (κ1) is 34.6. The standard InChI is InChI=1S/C23H49N5O8/c1-21(2)28(19-22(29)26-5-9-33-13-17-35-15-11-31-7-3-24)20-23(30)27-6-10-34-14-18-36-16-12-32-8-4-25/h21H,3-20,24-25H2,1-2H3,(H,26,29)(H,27,30). The van der Waals surface area contributed by atoms with E-state index in [2.05, 4.69) is 10.6 Å². The van der Waals surface area contributed by atoms with Gasteiger partial charge in [0, 0.05) is 32.2 Å². The fraction of sp³-hybridized carbons (Fsp3) is 0.913. The second-order valence-corrected chi connectivity index (χ2v) is 7.95. The van der Waals surface area contributed by atoms with Crippen LogP contribution in [0.3, 0.4) is 0 Å². The summed E-state index contributed by atoms with van der Waals surface area (Å²) in [6.07, 6.45) is 0. The summed E-state index contributed by atoms with van der Waals surface area (Å²) < 4.78 is 32.0. The highest BCUT2D eigenvalue weighted by Crippen LogP contribution is 1.97. The smallest absolute Gasteiger partial charge is 0.234 e. The number of ether oxygens (including phenoxy) is 6. The van der Waals surface area contributed by atoms with Crippen LogP contribution in [0, 0.1) is 0 Å². The van der Waals surface area contributed by atoms with Crippen molar-refractivity contribution >= 4 is 11.8 Å². The van der Waals surface area contributed by atoms with Crippen molar-refractivity contribution < 1.29 is 38.0 Å². The molecule has 13 heteroatoms. The van der Waals surface area contributed by atoms with E-state index in [9.17, 15) is 9.59 Å². The molecule has 36 heavy (non-hydrogen) atoms. The van der Waals surface area contributed by atoms with E-state index in [1.54, 1.807) is 4.90 Å². The molecule has 0 saturated heterocycles. The Balaban J connectivity index is 3.73. The Labute approximate surface area is 215 Å². The average molecular weight is 524 g/mol. The predicted molar refractivity (Wildman–Crippen MR) is 136 cm³/mol. The topological polar surface area (TPSA) is 169 Å². The number of amides is 2. The maximum Gasteiger partial charge on any atom is 0.234 e. The number of carbonyl (C=O) groups excluding carboxylic acids is 2. The average Bonchev–Trinajstić information content (AvgIpc) is 2.85. The van der Waals surface area contributed by atoms with Crippen LogP contribution in [0.15, 0.2) is 0 Å². The van der Waals surface area contributed by atoms with Crippen molar-refractivity contribution in [3.63, 3.8) is 0 Å². The summed E-state index contributed by atoms with van der Waals surface area (Å²) in [6.45, 7) is 11.5. The van der Waals surface area contributed by atoms with E-state index in [1.807, 2.05) is 13.8 Å². The molecule has 0 heterocycles. The first-order valence-corrected chi connectivity index (χ1v) is 12.6. The third-order valence-electron chi connectivity index (χ3n) is 4.57. The molecule has 0 aromatic rings. The van der Waals surface area contributed by atoms with Crippen LogP contribution < -0.4 is 22.1 Å². The molecule has 0 fully saturated rings. The van der Waals surface area contributed by atoms with Gasteiger partial charge in [0.2, 0.25) is 11.8 Å². The summed E-state index contributed by atoms with van der Waals surface area (Å²) in [5, 5.41) is 5.60. The molecule has 0 aromatic carbocycles. The highest BCUT2D eigenvalue weighted by atomic mass is 16.5. The van der Waals surface area contributed by atoms with Crippen molar-refractivity contribution in [3.05, 3.63) is 0 Å². The highest BCUT2D eigenvalue weighted by molar-refractivity contribution is 5.81. The minimum atomic E-state index is -0.162. The summed E-state index contributed by atoms with van der Waals surface area (Å²) in [7, 11) is 0. The zero-order valence-electron chi connectivity index (χ0n) is 22.2. The molecule has 2 amide bonds. The van der Waals surface area contributed by atoms with Crippen molar-refractivity contribution in [3.8, 4) is 0 Å². The van der Waals surface area contributed by atoms with E-state index < -0.39 is 0 Å². The van der Waals surface area contributed by atoms with Crippen LogP contribution in [-0.4, -0.2) is 141 Å². The van der Waals surface area contributed by atoms with Gasteiger partial charge in [0.1, 0.15) is 0 Å². The van der Waals surface area contributed by atoms with Gasteiger partial charge in [0.15, 0.2) is 0 Å². The maximum absolute atomic E-state index is 12.2. The van der Waals surface area contributed by atoms with Crippen molar-refractivity contribution in [2.24, 2.45) is 11.5 Å². The Hall–Kier alpha value is -1.42. The van der Waals surface area contributed by atoms with Crippen molar-refractivity contribution in [2.45, 2.75) is 19.9 Å². The Morgan fingerprint density at radius 1 is 0.583 bits per heavy atom. The van der Waals surface area contributed by atoms with Gasteiger partial charge < -0.3 is 50.5 Å². The number of hydrogen-bond acceptors (Lipinski definition) is 11. The Morgan fingerprint density at radius 3 is 1.19 bits per heavy atom. The first-order chi connectivity index (χ1) is 17.5. The van der Waals surface area contributed by atoms with Crippen molar-refractivity contribution in [1.29, 1.82) is 0 Å². The Kier molecular flexibility index (Phi) is 25.6. The van der Waals surface area contributed by atoms with E-state index in [0.29, 0.717) is 105 Å². The molecular weight excluding hydrogens is 474 g/mol. The lowest BCUT2D eigenvalue weighted by molar-refractivity contribution is -0.126. The van der Waals surface area contributed by atoms with Gasteiger partial charge in [-0.25, -0.2) is 0 Å². The van der Waals surface area contributed by atoms with Gasteiger partial charge in [-0.1, -0.05) is 0 Å². The minimum Gasteiger partial charge on any atom is -0.378 e. The van der Waals surface area contributed by atoms with Gasteiger partial charge in [-0.05, 0) is 13.8 Å². The zero-order chi connectivity index (χ0) is 26.7. The van der Waals surface area contributed by atoms with Crippen molar-refractivity contribution in [2.75, 3.05) is 119 Å². The van der Waals surface area contributed by atoms with Crippen LogP contribution in [-0.2, 0) is 38.0 Å². The minimum absolute atomic E-state index is 0.0333. The molecule has 0 aromatic heterocycles. The predicted octanol–water partition coefficient (Wildman–Crippen LogP) is -2.05. The molecule has 0 radical (unpaired) electrons. The van der Waals surface area contributed by atoms with E-state index in [-0.39, 0.29) is 30.9 Å². The normalized spacial score (nSPS) is 11.4. The maximum atomic E-state index is 12.2. The lowest BCUT2D eigenvalue weighted by atomic mass is 10.3. The third-order valence-corrected chi connectivity index (χ3v) is 4.57. The summed E-state index contributed by atoms with van der Waals surface area (Å²) in [4.78, 5) is 26.3. The van der Waals surface area contributed by atoms with Gasteiger partial charge in [-0.3, -0.25) is 14.5 Å². The molecule has 0 bridgehead atoms. The summed E-state index contributed by atoms with van der Waals surface area (Å²) in [5.74, 6) is -0.324. The van der Waals surface area contributed by atoms with E-state index >= 15 is 0 Å². The first-order valence-electron chi connectivity index (χ1n) is 12.6. The molecule has 214 valence electrons. The number of nitrogens with one attached hydrogen (secondary N) is 2. The quantitative estimate of drug-likeness (QED) is 0.0874. The van der Waals surface area contributed by atoms with Crippen LogP contribution in [0.4, 0.5) is 0 Å². The molecule has 0 aliphatic heterocycles. The molecule has 0 aliphatic rings. The lowest BCUT2D eigenvalue weighted by Crippen LogP contribution is -2.46. The van der Waals surface area contributed by atoms with E-state index in [4.69, 9.17) is 39.9 Å². The Morgan fingerprint density at radius 2 is 0.889 bits per heavy atom. The fourth-order valence-corrected chi connectivity index (χ4v) is 2.68. The lowest BCUT2D eigenvalue weighted by Gasteiger charge is -2.25. The molecule has 0 spiro atoms. The largest absolute Gasteiger partial charge is 0.378 e. The molecular formula is C23H49N5O8. The van der Waals surface area contributed by atoms with Crippen molar-refractivity contribution in [1.82, 2.24) is 15.5 Å². The summed E-state index contributed by atoms with van der Waals surface area (Å²) in [6, 6.07) is 0.0333. The third kappa shape index (κ3) is 24.3. The van der Waals surface area contributed by atoms with E-state index in [0.717, 1.165) is 0 Å². The fourth-order valence-electron chi connectivity index (χ4n) is 2.68. The molecule has 6 N–H and O–H groups in total. The summed E-state index contributed by atoms with van der Waals surface area (Å²) in [5.41, 5.74) is 10.6. The second-order valence-electron chi connectivity index (χ2n) is 7.95. The SMILES string of the molecule is CC(C)N(CC(=O)NCCOCCOCCOCCN)CC(=O)NCCOCCOCCOCCN.